The van der Waals surface area contributed by atoms with Gasteiger partial charge in [0.2, 0.25) is 5.92 Å². The Hall–Kier alpha value is -1.10. The number of aliphatic hydroxyl groups is 1. The summed E-state index contributed by atoms with van der Waals surface area (Å²) in [7, 11) is 0. The molecular formula is C24H42F2N2O. The van der Waals surface area contributed by atoms with Gasteiger partial charge in [0.05, 0.1) is 12.6 Å². The van der Waals surface area contributed by atoms with Gasteiger partial charge >= 0.3 is 0 Å². The number of nitrogens with zero attached hydrogens (tertiary/aromatic N) is 2. The van der Waals surface area contributed by atoms with Gasteiger partial charge in [-0.15, -0.1) is 0 Å². The summed E-state index contributed by atoms with van der Waals surface area (Å²) in [6.45, 7) is 11.6. The molecule has 1 aliphatic carbocycles. The zero-order chi connectivity index (χ0) is 22.0. The number of hydrogen-bond acceptors (Lipinski definition) is 3. The minimum absolute atomic E-state index is 0.172. The van der Waals surface area contributed by atoms with Gasteiger partial charge in [-0.05, 0) is 84.6 Å². The summed E-state index contributed by atoms with van der Waals surface area (Å²) in [5, 5.41) is 10.4. The molecule has 1 N–H and O–H groups in total. The van der Waals surface area contributed by atoms with Crippen LogP contribution >= 0.6 is 0 Å². The first-order valence-electron chi connectivity index (χ1n) is 11.2. The SMILES string of the molecule is CC(C)=C/C(CCC(C)(F)F)=N\C/C(CC1CCCC(C)CC(O)C1)=N\C(C)C. The first-order chi connectivity index (χ1) is 13.4. The molecular weight excluding hydrogens is 370 g/mol. The van der Waals surface area contributed by atoms with Gasteiger partial charge in [-0.25, -0.2) is 8.78 Å². The summed E-state index contributed by atoms with van der Waals surface area (Å²) >= 11 is 0. The molecule has 0 bridgehead atoms. The summed E-state index contributed by atoms with van der Waals surface area (Å²) in [5.41, 5.74) is 2.80. The summed E-state index contributed by atoms with van der Waals surface area (Å²) in [5.74, 6) is -1.68. The van der Waals surface area contributed by atoms with Gasteiger partial charge in [-0.3, -0.25) is 9.98 Å². The lowest BCUT2D eigenvalue weighted by Crippen LogP contribution is -2.23. The first-order valence-corrected chi connectivity index (χ1v) is 11.2. The summed E-state index contributed by atoms with van der Waals surface area (Å²) in [6.07, 6.45) is 7.71. The monoisotopic (exact) mass is 412 g/mol. The molecule has 29 heavy (non-hydrogen) atoms. The summed E-state index contributed by atoms with van der Waals surface area (Å²) in [6, 6.07) is 0.172. The van der Waals surface area contributed by atoms with E-state index in [1.54, 1.807) is 0 Å². The smallest absolute Gasteiger partial charge is 0.245 e. The number of halogens is 2. The second kappa shape index (κ2) is 12.6. The van der Waals surface area contributed by atoms with E-state index in [9.17, 15) is 13.9 Å². The Balaban J connectivity index is 2.87. The number of aliphatic hydroxyl groups excluding tert-OH is 1. The van der Waals surface area contributed by atoms with Gasteiger partial charge in [0.1, 0.15) is 0 Å². The van der Waals surface area contributed by atoms with Crippen LogP contribution in [0.3, 0.4) is 0 Å². The van der Waals surface area contributed by atoms with Crippen LogP contribution in [0.4, 0.5) is 8.78 Å². The second-order valence-corrected chi connectivity index (χ2v) is 9.62. The fraction of sp³-hybridized carbons (Fsp3) is 0.833. The molecule has 0 aliphatic heterocycles. The van der Waals surface area contributed by atoms with Gasteiger partial charge < -0.3 is 5.11 Å². The van der Waals surface area contributed by atoms with Crippen molar-refractivity contribution in [3.63, 3.8) is 0 Å². The van der Waals surface area contributed by atoms with E-state index in [4.69, 9.17) is 4.99 Å². The number of allylic oxidation sites excluding steroid dienone is 2. The van der Waals surface area contributed by atoms with Crippen LogP contribution in [0, 0.1) is 11.8 Å². The molecule has 168 valence electrons. The average Bonchev–Trinajstić information content (AvgIpc) is 2.53. The summed E-state index contributed by atoms with van der Waals surface area (Å²) in [4.78, 5) is 9.46. The zero-order valence-electron chi connectivity index (χ0n) is 19.3. The largest absolute Gasteiger partial charge is 0.393 e. The van der Waals surface area contributed by atoms with Crippen molar-refractivity contribution in [2.75, 3.05) is 6.54 Å². The van der Waals surface area contributed by atoms with E-state index >= 15 is 0 Å². The zero-order valence-corrected chi connectivity index (χ0v) is 19.3. The first kappa shape index (κ1) is 25.9. The molecule has 0 aromatic rings. The van der Waals surface area contributed by atoms with Crippen molar-refractivity contribution >= 4 is 11.4 Å². The quantitative estimate of drug-likeness (QED) is 0.424. The van der Waals surface area contributed by atoms with Gasteiger partial charge in [0.15, 0.2) is 0 Å². The third-order valence-corrected chi connectivity index (χ3v) is 5.29. The van der Waals surface area contributed by atoms with Crippen LogP contribution in [-0.4, -0.2) is 41.1 Å². The minimum atomic E-state index is -2.68. The van der Waals surface area contributed by atoms with E-state index in [2.05, 4.69) is 11.9 Å². The fourth-order valence-electron chi connectivity index (χ4n) is 4.05. The van der Waals surface area contributed by atoms with Gasteiger partial charge in [0, 0.05) is 23.9 Å². The van der Waals surface area contributed by atoms with E-state index in [0.29, 0.717) is 18.4 Å². The lowest BCUT2D eigenvalue weighted by molar-refractivity contribution is 0.0151. The van der Waals surface area contributed by atoms with E-state index in [-0.39, 0.29) is 25.0 Å². The maximum Gasteiger partial charge on any atom is 0.245 e. The summed E-state index contributed by atoms with van der Waals surface area (Å²) < 4.78 is 26.6. The second-order valence-electron chi connectivity index (χ2n) is 9.62. The Labute approximate surface area is 176 Å². The van der Waals surface area contributed by atoms with E-state index < -0.39 is 5.92 Å². The van der Waals surface area contributed by atoms with Crippen LogP contribution in [0.15, 0.2) is 21.6 Å². The van der Waals surface area contributed by atoms with E-state index in [1.165, 1.54) is 6.42 Å². The predicted octanol–water partition coefficient (Wildman–Crippen LogP) is 6.65. The maximum atomic E-state index is 13.3. The van der Waals surface area contributed by atoms with Crippen LogP contribution < -0.4 is 0 Å². The van der Waals surface area contributed by atoms with Crippen LogP contribution in [0.25, 0.3) is 0 Å². The third-order valence-electron chi connectivity index (χ3n) is 5.29. The Morgan fingerprint density at radius 3 is 2.48 bits per heavy atom. The van der Waals surface area contributed by atoms with Crippen LogP contribution in [0.1, 0.15) is 92.9 Å². The van der Waals surface area contributed by atoms with Gasteiger partial charge in [0.25, 0.3) is 0 Å². The van der Waals surface area contributed by atoms with Gasteiger partial charge in [-0.2, -0.15) is 0 Å². The van der Waals surface area contributed by atoms with Crippen molar-refractivity contribution in [1.82, 2.24) is 0 Å². The molecule has 0 saturated heterocycles. The molecule has 0 aromatic heterocycles. The van der Waals surface area contributed by atoms with E-state index in [1.807, 2.05) is 33.8 Å². The highest BCUT2D eigenvalue weighted by Crippen LogP contribution is 2.28. The van der Waals surface area contributed by atoms with Crippen molar-refractivity contribution in [1.29, 1.82) is 0 Å². The van der Waals surface area contributed by atoms with Crippen molar-refractivity contribution in [2.45, 2.75) is 111 Å². The predicted molar refractivity (Wildman–Crippen MR) is 121 cm³/mol. The molecule has 0 heterocycles. The Morgan fingerprint density at radius 2 is 1.90 bits per heavy atom. The number of hydrogen-bond donors (Lipinski definition) is 1. The average molecular weight is 413 g/mol. The van der Waals surface area contributed by atoms with Crippen LogP contribution in [-0.2, 0) is 0 Å². The van der Waals surface area contributed by atoms with Crippen molar-refractivity contribution in [2.24, 2.45) is 21.8 Å². The van der Waals surface area contributed by atoms with Crippen molar-refractivity contribution < 1.29 is 13.9 Å². The molecule has 3 atom stereocenters. The maximum absolute atomic E-state index is 13.3. The fourth-order valence-corrected chi connectivity index (χ4v) is 4.05. The Morgan fingerprint density at radius 1 is 1.21 bits per heavy atom. The highest BCUT2D eigenvalue weighted by atomic mass is 19.3. The molecule has 3 unspecified atom stereocenters. The topological polar surface area (TPSA) is 45.0 Å². The normalized spacial score (nSPS) is 25.0. The lowest BCUT2D eigenvalue weighted by atomic mass is 9.82. The Kier molecular flexibility index (Phi) is 11.2. The molecule has 5 heteroatoms. The van der Waals surface area contributed by atoms with Crippen molar-refractivity contribution in [3.05, 3.63) is 11.6 Å². The molecule has 1 rings (SSSR count). The molecule has 1 aliphatic rings. The molecule has 3 nitrogen and oxygen atoms in total. The number of aliphatic imine (C=N–C) groups is 2. The standard InChI is InChI=1S/C24H42F2N2O/c1-17(2)12-21(10-11-24(6,25)26)27-16-22(28-18(3)4)14-20-9-7-8-19(5)13-23(29)15-20/h12,18-20,23,29H,7-11,13-16H2,1-6H3/b27-21-,28-22-. The molecule has 0 radical (unpaired) electrons. The molecule has 1 saturated carbocycles. The Bertz CT molecular complexity index is 572. The van der Waals surface area contributed by atoms with Gasteiger partial charge in [-0.1, -0.05) is 25.3 Å². The third kappa shape index (κ3) is 12.9. The van der Waals surface area contributed by atoms with Crippen LogP contribution in [0.2, 0.25) is 0 Å². The molecule has 1 fully saturated rings. The molecule has 0 spiro atoms. The number of rotatable bonds is 9. The van der Waals surface area contributed by atoms with Crippen molar-refractivity contribution in [3.8, 4) is 0 Å². The lowest BCUT2D eigenvalue weighted by Gasteiger charge is -2.26. The van der Waals surface area contributed by atoms with Crippen LogP contribution in [0.5, 0.6) is 0 Å². The minimum Gasteiger partial charge on any atom is -0.393 e. The van der Waals surface area contributed by atoms with E-state index in [0.717, 1.165) is 56.0 Å². The molecule has 0 amide bonds. The molecule has 0 aromatic carbocycles. The highest BCUT2D eigenvalue weighted by molar-refractivity contribution is 5.97. The number of alkyl halides is 2. The highest BCUT2D eigenvalue weighted by Gasteiger charge is 2.23.